The summed E-state index contributed by atoms with van der Waals surface area (Å²) in [6.07, 6.45) is 2.90. The molecule has 1 aliphatic heterocycles. The van der Waals surface area contributed by atoms with Gasteiger partial charge in [0.1, 0.15) is 0 Å². The van der Waals surface area contributed by atoms with E-state index in [1.54, 1.807) is 0 Å². The van der Waals surface area contributed by atoms with E-state index in [0.717, 1.165) is 31.4 Å². The number of carbonyl (C=O) groups is 1. The second-order valence-corrected chi connectivity index (χ2v) is 8.25. The monoisotopic (exact) mass is 345 g/mol. The van der Waals surface area contributed by atoms with Crippen molar-refractivity contribution in [3.8, 4) is 11.5 Å². The molecular formula is C18H23N3O2S. The predicted octanol–water partition coefficient (Wildman–Crippen LogP) is 3.79. The van der Waals surface area contributed by atoms with Gasteiger partial charge in [-0.05, 0) is 36.0 Å². The van der Waals surface area contributed by atoms with E-state index in [-0.39, 0.29) is 16.6 Å². The second-order valence-electron chi connectivity index (χ2n) is 7.09. The molecule has 0 aliphatic carbocycles. The Morgan fingerprint density at radius 2 is 1.92 bits per heavy atom. The fourth-order valence-electron chi connectivity index (χ4n) is 2.63. The van der Waals surface area contributed by atoms with Crippen molar-refractivity contribution < 1.29 is 9.21 Å². The zero-order valence-electron chi connectivity index (χ0n) is 14.3. The maximum Gasteiger partial charge on any atom is 0.277 e. The van der Waals surface area contributed by atoms with Crippen LogP contribution < -0.4 is 5.32 Å². The summed E-state index contributed by atoms with van der Waals surface area (Å²) >= 11 is 1.36. The number of aromatic nitrogens is 2. The van der Waals surface area contributed by atoms with Gasteiger partial charge in [0.15, 0.2) is 0 Å². The second kappa shape index (κ2) is 6.97. The van der Waals surface area contributed by atoms with Crippen molar-refractivity contribution in [3.05, 3.63) is 29.8 Å². The van der Waals surface area contributed by atoms with Crippen LogP contribution in [-0.4, -0.2) is 27.9 Å². The zero-order valence-corrected chi connectivity index (χ0v) is 15.2. The lowest BCUT2D eigenvalue weighted by molar-refractivity contribution is -0.120. The topological polar surface area (TPSA) is 68.0 Å². The van der Waals surface area contributed by atoms with Crippen molar-refractivity contribution in [2.45, 2.75) is 55.9 Å². The molecule has 1 amide bonds. The van der Waals surface area contributed by atoms with Crippen molar-refractivity contribution in [1.82, 2.24) is 15.5 Å². The molecule has 3 rings (SSSR count). The normalized spacial score (nSPS) is 19.0. The SMILES string of the molecule is CC(C)(C)c1ccc(-c2nnc(S[C@@H]3CCCCNC3=O)o2)cc1. The molecule has 5 nitrogen and oxygen atoms in total. The van der Waals surface area contributed by atoms with Crippen LogP contribution in [-0.2, 0) is 10.2 Å². The van der Waals surface area contributed by atoms with Crippen molar-refractivity contribution >= 4 is 17.7 Å². The fraction of sp³-hybridized carbons (Fsp3) is 0.500. The maximum atomic E-state index is 12.0. The summed E-state index contributed by atoms with van der Waals surface area (Å²) in [6.45, 7) is 7.30. The van der Waals surface area contributed by atoms with Gasteiger partial charge in [0.2, 0.25) is 11.8 Å². The molecule has 1 fully saturated rings. The molecule has 1 aromatic heterocycles. The third kappa shape index (κ3) is 3.98. The van der Waals surface area contributed by atoms with Gasteiger partial charge in [-0.15, -0.1) is 10.2 Å². The number of hydrogen-bond donors (Lipinski definition) is 1. The summed E-state index contributed by atoms with van der Waals surface area (Å²) in [4.78, 5) is 12.0. The summed E-state index contributed by atoms with van der Waals surface area (Å²) < 4.78 is 5.75. The Labute approximate surface area is 146 Å². The molecule has 0 unspecified atom stereocenters. The summed E-state index contributed by atoms with van der Waals surface area (Å²) in [5.74, 6) is 0.554. The average molecular weight is 345 g/mol. The number of hydrogen-bond acceptors (Lipinski definition) is 5. The number of rotatable bonds is 3. The molecule has 128 valence electrons. The molecular weight excluding hydrogens is 322 g/mol. The van der Waals surface area contributed by atoms with Crippen LogP contribution in [0.15, 0.2) is 33.9 Å². The number of thioether (sulfide) groups is 1. The molecule has 1 aliphatic rings. The Balaban J connectivity index is 1.72. The molecule has 0 bridgehead atoms. The first-order chi connectivity index (χ1) is 11.4. The maximum absolute atomic E-state index is 12.0. The fourth-order valence-corrected chi connectivity index (χ4v) is 3.57. The van der Waals surface area contributed by atoms with Crippen LogP contribution in [0, 0.1) is 0 Å². The third-order valence-corrected chi connectivity index (χ3v) is 5.23. The van der Waals surface area contributed by atoms with Gasteiger partial charge in [0, 0.05) is 12.1 Å². The molecule has 2 aromatic rings. The Morgan fingerprint density at radius 3 is 2.62 bits per heavy atom. The first-order valence-corrected chi connectivity index (χ1v) is 9.20. The molecule has 6 heteroatoms. The van der Waals surface area contributed by atoms with Gasteiger partial charge in [-0.3, -0.25) is 4.79 Å². The Kier molecular flexibility index (Phi) is 4.94. The molecule has 1 aromatic carbocycles. The van der Waals surface area contributed by atoms with Crippen molar-refractivity contribution in [1.29, 1.82) is 0 Å². The van der Waals surface area contributed by atoms with Gasteiger partial charge in [-0.2, -0.15) is 0 Å². The minimum Gasteiger partial charge on any atom is -0.411 e. The molecule has 1 atom stereocenters. The molecule has 1 saturated heterocycles. The van der Waals surface area contributed by atoms with Crippen LogP contribution in [0.4, 0.5) is 0 Å². The summed E-state index contributed by atoms with van der Waals surface area (Å²) in [5.41, 5.74) is 2.27. The Morgan fingerprint density at radius 1 is 1.17 bits per heavy atom. The van der Waals surface area contributed by atoms with E-state index < -0.39 is 0 Å². The Bertz CT molecular complexity index is 704. The lowest BCUT2D eigenvalue weighted by Gasteiger charge is -2.18. The highest BCUT2D eigenvalue weighted by atomic mass is 32.2. The smallest absolute Gasteiger partial charge is 0.277 e. The van der Waals surface area contributed by atoms with Gasteiger partial charge in [0.05, 0.1) is 5.25 Å². The van der Waals surface area contributed by atoms with Gasteiger partial charge in [-0.25, -0.2) is 0 Å². The molecule has 2 heterocycles. The van der Waals surface area contributed by atoms with Crippen LogP contribution in [0.5, 0.6) is 0 Å². The van der Waals surface area contributed by atoms with E-state index in [1.165, 1.54) is 17.3 Å². The number of nitrogens with one attached hydrogen (secondary N) is 1. The van der Waals surface area contributed by atoms with Crippen LogP contribution >= 0.6 is 11.8 Å². The molecule has 0 spiro atoms. The highest BCUT2D eigenvalue weighted by Crippen LogP contribution is 2.30. The summed E-state index contributed by atoms with van der Waals surface area (Å²) in [5, 5.41) is 11.4. The number of carbonyl (C=O) groups excluding carboxylic acids is 1. The Hall–Kier alpha value is -1.82. The lowest BCUT2D eigenvalue weighted by Crippen LogP contribution is -2.30. The third-order valence-electron chi connectivity index (χ3n) is 4.13. The van der Waals surface area contributed by atoms with Gasteiger partial charge < -0.3 is 9.73 Å². The minimum absolute atomic E-state index is 0.0618. The zero-order chi connectivity index (χ0) is 17.2. The van der Waals surface area contributed by atoms with Crippen molar-refractivity contribution in [3.63, 3.8) is 0 Å². The molecule has 24 heavy (non-hydrogen) atoms. The summed E-state index contributed by atoms with van der Waals surface area (Å²) in [6, 6.07) is 8.18. The highest BCUT2D eigenvalue weighted by molar-refractivity contribution is 8.00. The van der Waals surface area contributed by atoms with Gasteiger partial charge in [-0.1, -0.05) is 51.1 Å². The average Bonchev–Trinajstić information content (AvgIpc) is 2.92. The van der Waals surface area contributed by atoms with Crippen LogP contribution in [0.1, 0.15) is 45.6 Å². The van der Waals surface area contributed by atoms with E-state index in [0.29, 0.717) is 11.1 Å². The first kappa shape index (κ1) is 17.0. The van der Waals surface area contributed by atoms with Crippen LogP contribution in [0.2, 0.25) is 0 Å². The summed E-state index contributed by atoms with van der Waals surface area (Å²) in [7, 11) is 0. The van der Waals surface area contributed by atoms with Gasteiger partial charge >= 0.3 is 0 Å². The lowest BCUT2D eigenvalue weighted by atomic mass is 9.87. The number of amides is 1. The number of benzene rings is 1. The molecule has 1 N–H and O–H groups in total. The van der Waals surface area contributed by atoms with Crippen LogP contribution in [0.25, 0.3) is 11.5 Å². The van der Waals surface area contributed by atoms with E-state index in [4.69, 9.17) is 4.42 Å². The van der Waals surface area contributed by atoms with E-state index in [9.17, 15) is 4.79 Å². The van der Waals surface area contributed by atoms with E-state index in [1.807, 2.05) is 12.1 Å². The first-order valence-electron chi connectivity index (χ1n) is 8.32. The predicted molar refractivity (Wildman–Crippen MR) is 94.9 cm³/mol. The number of nitrogens with zero attached hydrogens (tertiary/aromatic N) is 2. The standard InChI is InChI=1S/C18H23N3O2S/c1-18(2,3)13-9-7-12(8-10-13)16-20-21-17(23-16)24-14-6-4-5-11-19-15(14)22/h7-10,14H,4-6,11H2,1-3H3,(H,19,22)/t14-/m1/s1. The van der Waals surface area contributed by atoms with E-state index in [2.05, 4.69) is 48.4 Å². The van der Waals surface area contributed by atoms with Crippen molar-refractivity contribution in [2.75, 3.05) is 6.54 Å². The van der Waals surface area contributed by atoms with Gasteiger partial charge in [0.25, 0.3) is 5.22 Å². The highest BCUT2D eigenvalue weighted by Gasteiger charge is 2.24. The van der Waals surface area contributed by atoms with Crippen molar-refractivity contribution in [2.24, 2.45) is 0 Å². The quantitative estimate of drug-likeness (QED) is 0.916. The van der Waals surface area contributed by atoms with Crippen LogP contribution in [0.3, 0.4) is 0 Å². The largest absolute Gasteiger partial charge is 0.411 e. The minimum atomic E-state index is -0.149. The van der Waals surface area contributed by atoms with E-state index >= 15 is 0 Å². The molecule has 0 radical (unpaired) electrons. The molecule has 0 saturated carbocycles.